The number of anilines is 3. The summed E-state index contributed by atoms with van der Waals surface area (Å²) in [4.78, 5) is 25.6. The lowest BCUT2D eigenvalue weighted by atomic mass is 9.85. The summed E-state index contributed by atoms with van der Waals surface area (Å²) in [6, 6.07) is 4.60. The number of fused-ring (bicyclic) bond motifs is 1. The molecule has 11 heteroatoms. The monoisotopic (exact) mass is 487 g/mol. The first kappa shape index (κ1) is 22.8. The Kier molecular flexibility index (Phi) is 6.51. The molecule has 1 saturated heterocycles. The maximum atomic E-state index is 14.5. The molecule has 0 bridgehead atoms. The van der Waals surface area contributed by atoms with Crippen LogP contribution in [0.5, 0.6) is 0 Å². The minimum atomic E-state index is -0.437. The van der Waals surface area contributed by atoms with Gasteiger partial charge < -0.3 is 21.1 Å². The van der Waals surface area contributed by atoms with Crippen LogP contribution in [-0.4, -0.2) is 44.7 Å². The van der Waals surface area contributed by atoms with Gasteiger partial charge in [0.15, 0.2) is 5.65 Å². The summed E-state index contributed by atoms with van der Waals surface area (Å²) >= 11 is 6.09. The first-order chi connectivity index (χ1) is 16.5. The number of aromatic nitrogens is 4. The van der Waals surface area contributed by atoms with Crippen molar-refractivity contribution in [2.24, 2.45) is 11.7 Å². The third kappa shape index (κ3) is 4.78. The van der Waals surface area contributed by atoms with Gasteiger partial charge in [0.2, 0.25) is 17.8 Å². The third-order valence-corrected chi connectivity index (χ3v) is 6.86. The Morgan fingerprint density at radius 2 is 1.91 bits per heavy atom. The Morgan fingerprint density at radius 3 is 2.65 bits per heavy atom. The molecule has 1 aliphatic carbocycles. The molecule has 5 rings (SSSR count). The van der Waals surface area contributed by atoms with Gasteiger partial charge in [-0.1, -0.05) is 11.6 Å². The number of carbonyl (C=O) groups is 1. The van der Waals surface area contributed by atoms with Crippen molar-refractivity contribution < 1.29 is 13.9 Å². The normalized spacial score (nSPS) is 21.5. The number of hydrogen-bond donors (Lipinski definition) is 3. The molecule has 3 aromatic rings. The van der Waals surface area contributed by atoms with Crippen LogP contribution >= 0.6 is 11.6 Å². The van der Waals surface area contributed by atoms with Crippen LogP contribution in [-0.2, 0) is 9.53 Å². The number of carbonyl (C=O) groups excluding carboxylic acids is 1. The molecule has 1 aromatic carbocycles. The standard InChI is InChI=1S/C23H27ClFN7O2/c24-14-3-6-17(25)18(11-14)29-23-30-19-12-27-22(28-15-7-9-34-10-8-15)31-21(19)32(23)16-4-1-13(2-5-16)20(26)33/h3,6,11-13,15-16H,1-2,4-5,7-10H2,(H2,26,33)(H,29,30)(H,27,28,31)/t13-,16+. The van der Waals surface area contributed by atoms with E-state index in [1.165, 1.54) is 18.2 Å². The van der Waals surface area contributed by atoms with Crippen LogP contribution in [0.15, 0.2) is 24.4 Å². The van der Waals surface area contributed by atoms with Crippen molar-refractivity contribution >= 4 is 46.3 Å². The van der Waals surface area contributed by atoms with Crippen LogP contribution < -0.4 is 16.4 Å². The van der Waals surface area contributed by atoms with Gasteiger partial charge in [0.25, 0.3) is 0 Å². The van der Waals surface area contributed by atoms with E-state index in [4.69, 9.17) is 27.1 Å². The number of nitrogens with zero attached hydrogens (tertiary/aromatic N) is 4. The highest BCUT2D eigenvalue weighted by molar-refractivity contribution is 6.30. The molecule has 4 N–H and O–H groups in total. The number of hydrogen-bond acceptors (Lipinski definition) is 7. The Bertz CT molecular complexity index is 1190. The molecule has 1 saturated carbocycles. The third-order valence-electron chi connectivity index (χ3n) is 6.63. The zero-order valence-corrected chi connectivity index (χ0v) is 19.4. The fourth-order valence-electron chi connectivity index (χ4n) is 4.75. The number of amides is 1. The lowest BCUT2D eigenvalue weighted by Gasteiger charge is -2.29. The molecule has 2 aromatic heterocycles. The van der Waals surface area contributed by atoms with Crippen molar-refractivity contribution in [1.29, 1.82) is 0 Å². The van der Waals surface area contributed by atoms with Crippen LogP contribution in [0, 0.1) is 11.7 Å². The minimum absolute atomic E-state index is 0.0242. The number of ether oxygens (including phenoxy) is 1. The van der Waals surface area contributed by atoms with E-state index in [-0.39, 0.29) is 29.6 Å². The number of nitrogens with one attached hydrogen (secondary N) is 2. The predicted molar refractivity (Wildman–Crippen MR) is 128 cm³/mol. The second kappa shape index (κ2) is 9.71. The summed E-state index contributed by atoms with van der Waals surface area (Å²) < 4.78 is 21.9. The van der Waals surface area contributed by atoms with Crippen molar-refractivity contribution in [2.45, 2.75) is 50.6 Å². The van der Waals surface area contributed by atoms with Gasteiger partial charge in [-0.15, -0.1) is 0 Å². The Labute approximate surface area is 201 Å². The molecule has 1 aliphatic heterocycles. The molecule has 2 fully saturated rings. The van der Waals surface area contributed by atoms with E-state index in [1.807, 2.05) is 4.57 Å². The molecule has 0 atom stereocenters. The summed E-state index contributed by atoms with van der Waals surface area (Å²) in [5, 5.41) is 6.91. The highest BCUT2D eigenvalue weighted by Crippen LogP contribution is 2.37. The zero-order chi connectivity index (χ0) is 23.7. The lowest BCUT2D eigenvalue weighted by Crippen LogP contribution is -2.29. The minimum Gasteiger partial charge on any atom is -0.381 e. The smallest absolute Gasteiger partial charge is 0.224 e. The second-order valence-electron chi connectivity index (χ2n) is 8.90. The fraction of sp³-hybridized carbons (Fsp3) is 0.478. The zero-order valence-electron chi connectivity index (χ0n) is 18.6. The van der Waals surface area contributed by atoms with E-state index in [0.717, 1.165) is 25.7 Å². The first-order valence-electron chi connectivity index (χ1n) is 11.6. The quantitative estimate of drug-likeness (QED) is 0.477. The van der Waals surface area contributed by atoms with Crippen molar-refractivity contribution in [3.05, 3.63) is 35.2 Å². The van der Waals surface area contributed by atoms with Crippen molar-refractivity contribution in [1.82, 2.24) is 19.5 Å². The lowest BCUT2D eigenvalue weighted by molar-refractivity contribution is -0.122. The molecular weight excluding hydrogens is 461 g/mol. The van der Waals surface area contributed by atoms with Gasteiger partial charge in [0.05, 0.1) is 11.9 Å². The Hall–Kier alpha value is -2.98. The number of imidazole rings is 1. The van der Waals surface area contributed by atoms with Crippen LogP contribution in [0.2, 0.25) is 5.02 Å². The summed E-state index contributed by atoms with van der Waals surface area (Å²) in [5.41, 5.74) is 7.00. The van der Waals surface area contributed by atoms with E-state index in [9.17, 15) is 9.18 Å². The molecule has 0 unspecified atom stereocenters. The molecule has 2 aliphatic rings. The molecule has 9 nitrogen and oxygen atoms in total. The van der Waals surface area contributed by atoms with Gasteiger partial charge >= 0.3 is 0 Å². The van der Waals surface area contributed by atoms with Crippen molar-refractivity contribution in [2.75, 3.05) is 23.8 Å². The largest absolute Gasteiger partial charge is 0.381 e. The van der Waals surface area contributed by atoms with Crippen LogP contribution in [0.25, 0.3) is 11.2 Å². The van der Waals surface area contributed by atoms with Gasteiger partial charge in [-0.25, -0.2) is 14.4 Å². The SMILES string of the molecule is NC(=O)[C@H]1CC[C@@H](n2c(Nc3cc(Cl)ccc3F)nc3cnc(NC4CCOCC4)nc32)CC1. The van der Waals surface area contributed by atoms with E-state index >= 15 is 0 Å². The Morgan fingerprint density at radius 1 is 1.15 bits per heavy atom. The van der Waals surface area contributed by atoms with Gasteiger partial charge in [-0.05, 0) is 56.7 Å². The Balaban J connectivity index is 1.51. The van der Waals surface area contributed by atoms with E-state index in [0.29, 0.717) is 54.1 Å². The molecule has 34 heavy (non-hydrogen) atoms. The number of rotatable bonds is 6. The van der Waals surface area contributed by atoms with Gasteiger partial charge in [-0.3, -0.25) is 9.36 Å². The topological polar surface area (TPSA) is 120 Å². The summed E-state index contributed by atoms with van der Waals surface area (Å²) in [5.74, 6) is 0.142. The predicted octanol–water partition coefficient (Wildman–Crippen LogP) is 4.17. The number of halogens is 2. The fourth-order valence-corrected chi connectivity index (χ4v) is 4.92. The second-order valence-corrected chi connectivity index (χ2v) is 9.33. The number of nitrogens with two attached hydrogens (primary N) is 1. The number of primary amides is 1. The van der Waals surface area contributed by atoms with Gasteiger partial charge in [0.1, 0.15) is 11.3 Å². The summed E-state index contributed by atoms with van der Waals surface area (Å²) in [6.45, 7) is 1.42. The maximum absolute atomic E-state index is 14.5. The average molecular weight is 488 g/mol. The molecular formula is C23H27ClFN7O2. The highest BCUT2D eigenvalue weighted by atomic mass is 35.5. The van der Waals surface area contributed by atoms with Gasteiger partial charge in [0, 0.05) is 36.2 Å². The van der Waals surface area contributed by atoms with E-state index in [1.54, 1.807) is 6.20 Å². The first-order valence-corrected chi connectivity index (χ1v) is 12.0. The molecule has 0 spiro atoms. The summed E-state index contributed by atoms with van der Waals surface area (Å²) in [6.07, 6.45) is 6.29. The van der Waals surface area contributed by atoms with Crippen molar-refractivity contribution in [3.63, 3.8) is 0 Å². The molecule has 1 amide bonds. The highest BCUT2D eigenvalue weighted by Gasteiger charge is 2.29. The maximum Gasteiger partial charge on any atom is 0.224 e. The van der Waals surface area contributed by atoms with Gasteiger partial charge in [-0.2, -0.15) is 4.98 Å². The van der Waals surface area contributed by atoms with Crippen molar-refractivity contribution in [3.8, 4) is 0 Å². The molecule has 0 radical (unpaired) electrons. The van der Waals surface area contributed by atoms with Crippen LogP contribution in [0.4, 0.5) is 22.0 Å². The molecule has 180 valence electrons. The van der Waals surface area contributed by atoms with E-state index in [2.05, 4.69) is 20.6 Å². The molecule has 3 heterocycles. The van der Waals surface area contributed by atoms with E-state index < -0.39 is 5.82 Å². The van der Waals surface area contributed by atoms with Crippen LogP contribution in [0.1, 0.15) is 44.6 Å². The van der Waals surface area contributed by atoms with Crippen LogP contribution in [0.3, 0.4) is 0 Å². The summed E-state index contributed by atoms with van der Waals surface area (Å²) in [7, 11) is 0. The average Bonchev–Trinajstić information content (AvgIpc) is 3.19. The number of benzene rings is 1.